The van der Waals surface area contributed by atoms with E-state index in [1.165, 1.54) is 11.9 Å². The number of hydrogen-bond donors (Lipinski definition) is 2. The summed E-state index contributed by atoms with van der Waals surface area (Å²) in [5.41, 5.74) is 2.34. The fourth-order valence-electron chi connectivity index (χ4n) is 3.46. The molecule has 1 aliphatic rings. The van der Waals surface area contributed by atoms with Gasteiger partial charge in [-0.05, 0) is 49.6 Å². The molecule has 3 rings (SSSR count). The quantitative estimate of drug-likeness (QED) is 0.320. The Labute approximate surface area is 197 Å². The SMILES string of the molecule is CCNC(=NCCc1ccc(S(C)(=O)=O)cc1)NC1CCN(c2ccccc2)C1.I. The summed E-state index contributed by atoms with van der Waals surface area (Å²) >= 11 is 0. The number of nitrogens with one attached hydrogen (secondary N) is 2. The lowest BCUT2D eigenvalue weighted by molar-refractivity contribution is 0.602. The van der Waals surface area contributed by atoms with Crippen molar-refractivity contribution in [3.63, 3.8) is 0 Å². The lowest BCUT2D eigenvalue weighted by Gasteiger charge is -2.20. The molecule has 1 atom stereocenters. The van der Waals surface area contributed by atoms with Gasteiger partial charge in [-0.25, -0.2) is 8.42 Å². The van der Waals surface area contributed by atoms with E-state index in [0.717, 1.165) is 44.0 Å². The van der Waals surface area contributed by atoms with Gasteiger partial charge in [-0.3, -0.25) is 4.99 Å². The maximum absolute atomic E-state index is 11.6. The second kappa shape index (κ2) is 11.5. The van der Waals surface area contributed by atoms with Crippen LogP contribution in [0.15, 0.2) is 64.5 Å². The second-order valence-corrected chi connectivity index (χ2v) is 9.35. The molecule has 0 aliphatic carbocycles. The summed E-state index contributed by atoms with van der Waals surface area (Å²) in [6, 6.07) is 17.9. The van der Waals surface area contributed by atoms with Crippen LogP contribution in [0.4, 0.5) is 5.69 Å². The van der Waals surface area contributed by atoms with Gasteiger partial charge in [0.25, 0.3) is 0 Å². The largest absolute Gasteiger partial charge is 0.369 e. The number of benzene rings is 2. The molecule has 30 heavy (non-hydrogen) atoms. The average molecular weight is 542 g/mol. The summed E-state index contributed by atoms with van der Waals surface area (Å²) in [6.07, 6.45) is 3.07. The van der Waals surface area contributed by atoms with Crippen molar-refractivity contribution in [2.45, 2.75) is 30.7 Å². The zero-order valence-electron chi connectivity index (χ0n) is 17.5. The Balaban J connectivity index is 0.00000320. The van der Waals surface area contributed by atoms with Crippen LogP contribution in [0.3, 0.4) is 0 Å². The number of nitrogens with zero attached hydrogens (tertiary/aromatic N) is 2. The van der Waals surface area contributed by atoms with Crippen LogP contribution < -0.4 is 15.5 Å². The second-order valence-electron chi connectivity index (χ2n) is 7.34. The van der Waals surface area contributed by atoms with Crippen molar-refractivity contribution in [2.75, 3.05) is 37.3 Å². The van der Waals surface area contributed by atoms with E-state index >= 15 is 0 Å². The van der Waals surface area contributed by atoms with E-state index < -0.39 is 9.84 Å². The summed E-state index contributed by atoms with van der Waals surface area (Å²) in [7, 11) is -3.15. The summed E-state index contributed by atoms with van der Waals surface area (Å²) in [5, 5.41) is 6.87. The Morgan fingerprint density at radius 2 is 1.83 bits per heavy atom. The molecular formula is C22H31IN4O2S. The van der Waals surface area contributed by atoms with Crippen LogP contribution in [-0.4, -0.2) is 52.9 Å². The van der Waals surface area contributed by atoms with Gasteiger partial charge in [0.05, 0.1) is 4.90 Å². The maximum atomic E-state index is 11.6. The molecule has 1 unspecified atom stereocenters. The van der Waals surface area contributed by atoms with E-state index in [4.69, 9.17) is 4.99 Å². The molecule has 0 radical (unpaired) electrons. The summed E-state index contributed by atoms with van der Waals surface area (Å²) < 4.78 is 23.1. The molecule has 0 spiro atoms. The van der Waals surface area contributed by atoms with Gasteiger partial charge in [-0.2, -0.15) is 0 Å². The third kappa shape index (κ3) is 7.16. The first-order valence-electron chi connectivity index (χ1n) is 10.1. The van der Waals surface area contributed by atoms with Crippen molar-refractivity contribution in [3.05, 3.63) is 60.2 Å². The number of guanidine groups is 1. The molecule has 1 fully saturated rings. The van der Waals surface area contributed by atoms with Crippen molar-refractivity contribution in [2.24, 2.45) is 4.99 Å². The molecule has 2 N–H and O–H groups in total. The minimum absolute atomic E-state index is 0. The van der Waals surface area contributed by atoms with Crippen molar-refractivity contribution in [1.82, 2.24) is 10.6 Å². The Morgan fingerprint density at radius 3 is 2.47 bits per heavy atom. The first-order chi connectivity index (χ1) is 14.0. The molecule has 0 saturated carbocycles. The number of rotatable bonds is 7. The normalized spacial score (nSPS) is 16.8. The molecule has 6 nitrogen and oxygen atoms in total. The molecule has 2 aromatic carbocycles. The van der Waals surface area contributed by atoms with Gasteiger partial charge in [0.1, 0.15) is 0 Å². The van der Waals surface area contributed by atoms with E-state index in [2.05, 4.69) is 46.7 Å². The van der Waals surface area contributed by atoms with Gasteiger partial charge in [-0.1, -0.05) is 30.3 Å². The molecule has 0 bridgehead atoms. The van der Waals surface area contributed by atoms with Crippen LogP contribution in [0.5, 0.6) is 0 Å². The lowest BCUT2D eigenvalue weighted by Crippen LogP contribution is -2.44. The van der Waals surface area contributed by atoms with Crippen molar-refractivity contribution in [1.29, 1.82) is 0 Å². The van der Waals surface area contributed by atoms with Crippen LogP contribution in [0.2, 0.25) is 0 Å². The summed E-state index contributed by atoms with van der Waals surface area (Å²) in [4.78, 5) is 7.44. The number of anilines is 1. The first kappa shape index (κ1) is 24.5. The van der Waals surface area contributed by atoms with Crippen LogP contribution in [0.25, 0.3) is 0 Å². The summed E-state index contributed by atoms with van der Waals surface area (Å²) in [6.45, 7) is 5.51. The van der Waals surface area contributed by atoms with E-state index in [0.29, 0.717) is 17.5 Å². The van der Waals surface area contributed by atoms with Crippen LogP contribution in [0, 0.1) is 0 Å². The number of sulfone groups is 1. The molecule has 2 aromatic rings. The fraction of sp³-hybridized carbons (Fsp3) is 0.409. The van der Waals surface area contributed by atoms with Gasteiger partial charge >= 0.3 is 0 Å². The van der Waals surface area contributed by atoms with Crippen LogP contribution >= 0.6 is 24.0 Å². The van der Waals surface area contributed by atoms with Gasteiger partial charge in [-0.15, -0.1) is 24.0 Å². The minimum Gasteiger partial charge on any atom is -0.369 e. The molecule has 164 valence electrons. The van der Waals surface area contributed by atoms with E-state index in [1.807, 2.05) is 18.2 Å². The van der Waals surface area contributed by atoms with E-state index in [9.17, 15) is 8.42 Å². The standard InChI is InChI=1S/C22H30N4O2S.HI/c1-3-23-22(24-15-13-18-9-11-21(12-10-18)29(2,27)28)25-19-14-16-26(17-19)20-7-5-4-6-8-20;/h4-12,19H,3,13-17H2,1-2H3,(H2,23,24,25);1H. The lowest BCUT2D eigenvalue weighted by atomic mass is 10.1. The number of aliphatic imine (C=N–C) groups is 1. The number of hydrogen-bond acceptors (Lipinski definition) is 4. The molecule has 0 aromatic heterocycles. The highest BCUT2D eigenvalue weighted by atomic mass is 127. The average Bonchev–Trinajstić information content (AvgIpc) is 3.17. The zero-order chi connectivity index (χ0) is 20.7. The molecule has 1 saturated heterocycles. The van der Waals surface area contributed by atoms with E-state index in [1.54, 1.807) is 12.1 Å². The van der Waals surface area contributed by atoms with E-state index in [-0.39, 0.29) is 24.0 Å². The highest BCUT2D eigenvalue weighted by molar-refractivity contribution is 14.0. The van der Waals surface area contributed by atoms with Crippen LogP contribution in [-0.2, 0) is 16.3 Å². The smallest absolute Gasteiger partial charge is 0.191 e. The maximum Gasteiger partial charge on any atom is 0.191 e. The van der Waals surface area contributed by atoms with Gasteiger partial charge in [0.2, 0.25) is 0 Å². The Kier molecular flexibility index (Phi) is 9.41. The molecule has 8 heteroatoms. The molecular weight excluding hydrogens is 511 g/mol. The number of halogens is 1. The Bertz CT molecular complexity index is 918. The fourth-order valence-corrected chi connectivity index (χ4v) is 4.10. The van der Waals surface area contributed by atoms with Gasteiger partial charge < -0.3 is 15.5 Å². The van der Waals surface area contributed by atoms with Crippen molar-refractivity contribution >= 4 is 45.5 Å². The summed E-state index contributed by atoms with van der Waals surface area (Å²) in [5.74, 6) is 0.833. The predicted octanol–water partition coefficient (Wildman–Crippen LogP) is 3.08. The Morgan fingerprint density at radius 1 is 1.13 bits per heavy atom. The van der Waals surface area contributed by atoms with Gasteiger partial charge in [0, 0.05) is 44.2 Å². The zero-order valence-corrected chi connectivity index (χ0v) is 20.7. The Hall–Kier alpha value is -1.81. The minimum atomic E-state index is -3.15. The molecule has 1 aliphatic heterocycles. The first-order valence-corrected chi connectivity index (χ1v) is 12.0. The highest BCUT2D eigenvalue weighted by Crippen LogP contribution is 2.19. The highest BCUT2D eigenvalue weighted by Gasteiger charge is 2.23. The van der Waals surface area contributed by atoms with Gasteiger partial charge in [0.15, 0.2) is 15.8 Å². The third-order valence-corrected chi connectivity index (χ3v) is 6.15. The van der Waals surface area contributed by atoms with Crippen molar-refractivity contribution < 1.29 is 8.42 Å². The van der Waals surface area contributed by atoms with Crippen LogP contribution in [0.1, 0.15) is 18.9 Å². The monoisotopic (exact) mass is 542 g/mol. The van der Waals surface area contributed by atoms with Crippen molar-refractivity contribution in [3.8, 4) is 0 Å². The third-order valence-electron chi connectivity index (χ3n) is 5.02. The number of para-hydroxylation sites is 1. The topological polar surface area (TPSA) is 73.8 Å². The molecule has 0 amide bonds. The predicted molar refractivity (Wildman–Crippen MR) is 135 cm³/mol. The molecule has 1 heterocycles.